The third-order valence-electron chi connectivity index (χ3n) is 2.89. The Morgan fingerprint density at radius 2 is 2.21 bits per heavy atom. The van der Waals surface area contributed by atoms with Gasteiger partial charge in [-0.25, -0.2) is 9.78 Å². The van der Waals surface area contributed by atoms with Crippen LogP contribution in [0.25, 0.3) is 0 Å². The molecule has 2 aromatic rings. The molecule has 1 aromatic heterocycles. The number of carboxylic acid groups (broad SMARTS) is 1. The summed E-state index contributed by atoms with van der Waals surface area (Å²) in [7, 11) is 0. The van der Waals surface area contributed by atoms with Crippen molar-refractivity contribution >= 4 is 17.3 Å². The van der Waals surface area contributed by atoms with Crippen LogP contribution in [0.2, 0.25) is 0 Å². The van der Waals surface area contributed by atoms with Crippen LogP contribution in [0.4, 0.5) is 0 Å². The quantitative estimate of drug-likeness (QED) is 0.912. The number of benzene rings is 1. The van der Waals surface area contributed by atoms with Gasteiger partial charge in [-0.1, -0.05) is 12.1 Å². The van der Waals surface area contributed by atoms with Crippen molar-refractivity contribution in [1.29, 1.82) is 0 Å². The molecule has 19 heavy (non-hydrogen) atoms. The minimum Gasteiger partial charge on any atom is -0.493 e. The van der Waals surface area contributed by atoms with Crippen LogP contribution in [0.5, 0.6) is 5.75 Å². The molecule has 2 rings (SSSR count). The highest BCUT2D eigenvalue weighted by molar-refractivity contribution is 7.13. The van der Waals surface area contributed by atoms with Gasteiger partial charge in [0.05, 0.1) is 17.8 Å². The summed E-state index contributed by atoms with van der Waals surface area (Å²) in [5, 5.41) is 9.59. The molecule has 0 spiro atoms. The Balaban J connectivity index is 1.92. The summed E-state index contributed by atoms with van der Waals surface area (Å²) in [5.74, 6) is -0.0609. The predicted octanol–water partition coefficient (Wildman–Crippen LogP) is 3.08. The van der Waals surface area contributed by atoms with Crippen LogP contribution >= 0.6 is 11.3 Å². The molecule has 0 aliphatic carbocycles. The predicted molar refractivity (Wildman–Crippen MR) is 74.2 cm³/mol. The number of carboxylic acids is 1. The number of hydrogen-bond acceptors (Lipinski definition) is 4. The number of aryl methyl sites for hydroxylation is 1. The first-order valence-electron chi connectivity index (χ1n) is 5.95. The van der Waals surface area contributed by atoms with Crippen LogP contribution in [0.1, 0.15) is 25.8 Å². The van der Waals surface area contributed by atoms with E-state index in [-0.39, 0.29) is 4.88 Å². The zero-order valence-electron chi connectivity index (χ0n) is 10.8. The molecule has 0 atom stereocenters. The van der Waals surface area contributed by atoms with Crippen molar-refractivity contribution in [2.24, 2.45) is 0 Å². The van der Waals surface area contributed by atoms with Crippen LogP contribution in [0, 0.1) is 13.8 Å². The van der Waals surface area contributed by atoms with Gasteiger partial charge >= 0.3 is 5.97 Å². The van der Waals surface area contributed by atoms with E-state index >= 15 is 0 Å². The minimum absolute atomic E-state index is 0.265. The van der Waals surface area contributed by atoms with Crippen molar-refractivity contribution in [3.05, 3.63) is 45.4 Å². The molecule has 1 heterocycles. The largest absolute Gasteiger partial charge is 0.493 e. The molecular formula is C14H15NO3S. The molecule has 1 aromatic carbocycles. The normalized spacial score (nSPS) is 10.4. The molecule has 0 radical (unpaired) electrons. The Hall–Kier alpha value is -1.88. The number of thiazole rings is 1. The Morgan fingerprint density at radius 1 is 1.42 bits per heavy atom. The van der Waals surface area contributed by atoms with E-state index in [1.165, 1.54) is 23.1 Å². The van der Waals surface area contributed by atoms with E-state index in [9.17, 15) is 4.79 Å². The molecule has 0 amide bonds. The van der Waals surface area contributed by atoms with Gasteiger partial charge in [-0.05, 0) is 31.0 Å². The van der Waals surface area contributed by atoms with Crippen molar-refractivity contribution in [3.8, 4) is 5.75 Å². The molecule has 0 aliphatic rings. The number of nitrogens with zero attached hydrogens (tertiary/aromatic N) is 1. The third-order valence-corrected chi connectivity index (χ3v) is 3.94. The zero-order chi connectivity index (χ0) is 13.8. The molecule has 0 saturated carbocycles. The second-order valence-electron chi connectivity index (χ2n) is 4.22. The van der Waals surface area contributed by atoms with Gasteiger partial charge in [-0.15, -0.1) is 11.3 Å². The average Bonchev–Trinajstić information content (AvgIpc) is 2.83. The molecule has 0 saturated heterocycles. The Labute approximate surface area is 115 Å². The maximum Gasteiger partial charge on any atom is 0.347 e. The van der Waals surface area contributed by atoms with E-state index in [1.807, 2.05) is 32.0 Å². The highest BCUT2D eigenvalue weighted by atomic mass is 32.1. The molecule has 0 bridgehead atoms. The van der Waals surface area contributed by atoms with Crippen LogP contribution in [0.3, 0.4) is 0 Å². The zero-order valence-corrected chi connectivity index (χ0v) is 11.7. The molecular weight excluding hydrogens is 262 g/mol. The van der Waals surface area contributed by atoms with E-state index < -0.39 is 5.97 Å². The SMILES string of the molecule is Cc1cccc(OCCc2ncc(C(=O)O)s2)c1C. The summed E-state index contributed by atoms with van der Waals surface area (Å²) in [6, 6.07) is 5.94. The first-order chi connectivity index (χ1) is 9.08. The Bertz CT molecular complexity index is 592. The highest BCUT2D eigenvalue weighted by Crippen LogP contribution is 2.21. The van der Waals surface area contributed by atoms with Crippen molar-refractivity contribution in [2.75, 3.05) is 6.61 Å². The molecule has 0 unspecified atom stereocenters. The lowest BCUT2D eigenvalue weighted by molar-refractivity contribution is 0.0702. The molecule has 100 valence electrons. The van der Waals surface area contributed by atoms with Crippen LogP contribution in [-0.4, -0.2) is 22.7 Å². The fraction of sp³-hybridized carbons (Fsp3) is 0.286. The number of ether oxygens (including phenoxy) is 1. The van der Waals surface area contributed by atoms with Crippen molar-refractivity contribution in [2.45, 2.75) is 20.3 Å². The fourth-order valence-electron chi connectivity index (χ4n) is 1.65. The Morgan fingerprint density at radius 3 is 2.89 bits per heavy atom. The smallest absolute Gasteiger partial charge is 0.347 e. The van der Waals surface area contributed by atoms with Crippen LogP contribution < -0.4 is 4.74 Å². The summed E-state index contributed by atoms with van der Waals surface area (Å²) < 4.78 is 5.71. The average molecular weight is 277 g/mol. The molecule has 0 fully saturated rings. The summed E-state index contributed by atoms with van der Waals surface area (Å²) in [4.78, 5) is 15.1. The fourth-order valence-corrected chi connectivity index (χ4v) is 2.39. The molecule has 4 nitrogen and oxygen atoms in total. The number of carbonyl (C=O) groups is 1. The van der Waals surface area contributed by atoms with Gasteiger partial charge in [0.15, 0.2) is 0 Å². The van der Waals surface area contributed by atoms with Gasteiger partial charge in [0.2, 0.25) is 0 Å². The minimum atomic E-state index is -0.931. The number of hydrogen-bond donors (Lipinski definition) is 1. The molecule has 5 heteroatoms. The van der Waals surface area contributed by atoms with Gasteiger partial charge in [-0.3, -0.25) is 0 Å². The summed E-state index contributed by atoms with van der Waals surface area (Å²) in [6.45, 7) is 4.57. The lowest BCUT2D eigenvalue weighted by Gasteiger charge is -2.09. The van der Waals surface area contributed by atoms with Crippen molar-refractivity contribution in [1.82, 2.24) is 4.98 Å². The van der Waals surface area contributed by atoms with E-state index in [1.54, 1.807) is 0 Å². The number of aromatic nitrogens is 1. The first-order valence-corrected chi connectivity index (χ1v) is 6.76. The molecule has 1 N–H and O–H groups in total. The first kappa shape index (κ1) is 13.5. The Kier molecular flexibility index (Phi) is 4.16. The lowest BCUT2D eigenvalue weighted by atomic mass is 10.1. The monoisotopic (exact) mass is 277 g/mol. The summed E-state index contributed by atoms with van der Waals surface area (Å²) >= 11 is 1.19. The lowest BCUT2D eigenvalue weighted by Crippen LogP contribution is -2.02. The molecule has 0 aliphatic heterocycles. The van der Waals surface area contributed by atoms with E-state index in [2.05, 4.69) is 4.98 Å². The van der Waals surface area contributed by atoms with Gasteiger partial charge < -0.3 is 9.84 Å². The second-order valence-corrected chi connectivity index (χ2v) is 5.34. The van der Waals surface area contributed by atoms with Crippen molar-refractivity contribution in [3.63, 3.8) is 0 Å². The van der Waals surface area contributed by atoms with Gasteiger partial charge in [0.1, 0.15) is 10.6 Å². The third kappa shape index (κ3) is 3.32. The summed E-state index contributed by atoms with van der Waals surface area (Å²) in [5.41, 5.74) is 2.33. The second kappa shape index (κ2) is 5.84. The van der Waals surface area contributed by atoms with E-state index in [0.29, 0.717) is 13.0 Å². The maximum absolute atomic E-state index is 10.7. The van der Waals surface area contributed by atoms with Gasteiger partial charge in [0, 0.05) is 6.42 Å². The van der Waals surface area contributed by atoms with E-state index in [0.717, 1.165) is 16.3 Å². The van der Waals surface area contributed by atoms with Gasteiger partial charge in [0.25, 0.3) is 0 Å². The maximum atomic E-state index is 10.7. The number of aromatic carboxylic acids is 1. The van der Waals surface area contributed by atoms with Crippen LogP contribution in [-0.2, 0) is 6.42 Å². The number of rotatable bonds is 5. The van der Waals surface area contributed by atoms with Gasteiger partial charge in [-0.2, -0.15) is 0 Å². The highest BCUT2D eigenvalue weighted by Gasteiger charge is 2.08. The topological polar surface area (TPSA) is 59.4 Å². The van der Waals surface area contributed by atoms with Crippen molar-refractivity contribution < 1.29 is 14.6 Å². The van der Waals surface area contributed by atoms with Crippen LogP contribution in [0.15, 0.2) is 24.4 Å². The summed E-state index contributed by atoms with van der Waals surface area (Å²) in [6.07, 6.45) is 2.01. The van der Waals surface area contributed by atoms with E-state index in [4.69, 9.17) is 9.84 Å². The standard InChI is InChI=1S/C14H15NO3S/c1-9-4-3-5-11(10(9)2)18-7-6-13-15-8-12(19-13)14(16)17/h3-5,8H,6-7H2,1-2H3,(H,16,17).